The molecule has 11 heteroatoms. The second-order valence-corrected chi connectivity index (χ2v) is 12.4. The van der Waals surface area contributed by atoms with Gasteiger partial charge in [0.15, 0.2) is 0 Å². The molecule has 1 heterocycles. The number of carbonyl (C=O) groups is 3. The summed E-state index contributed by atoms with van der Waals surface area (Å²) in [6.07, 6.45) is 2.35. The molecule has 1 saturated heterocycles. The fourth-order valence-electron chi connectivity index (χ4n) is 3.84. The Bertz CT molecular complexity index is 891. The van der Waals surface area contributed by atoms with E-state index in [9.17, 15) is 14.4 Å². The number of nitrogens with one attached hydrogen (secondary N) is 3. The van der Waals surface area contributed by atoms with Gasteiger partial charge < -0.3 is 35.1 Å². The molecule has 0 aliphatic carbocycles. The number of amides is 2. The highest BCUT2D eigenvalue weighted by atomic mass is 32.2. The summed E-state index contributed by atoms with van der Waals surface area (Å²) in [5.74, 6) is 0.0592. The molecule has 234 valence electrons. The molecule has 0 bridgehead atoms. The summed E-state index contributed by atoms with van der Waals surface area (Å²) in [4.78, 5) is 40.0. The van der Waals surface area contributed by atoms with Gasteiger partial charge in [0.2, 0.25) is 5.91 Å². The van der Waals surface area contributed by atoms with Crippen molar-refractivity contribution >= 4 is 29.7 Å². The molecule has 2 amide bonds. The molecule has 1 aromatic rings. The number of nitrogens with zero attached hydrogens (tertiary/aromatic N) is 1. The van der Waals surface area contributed by atoms with Crippen molar-refractivity contribution in [3.63, 3.8) is 0 Å². The highest BCUT2D eigenvalue weighted by Gasteiger charge is 2.28. The Morgan fingerprint density at radius 3 is 2.17 bits per heavy atom. The van der Waals surface area contributed by atoms with Crippen LogP contribution in [-0.2, 0) is 30.2 Å². The molecule has 41 heavy (non-hydrogen) atoms. The maximum atomic E-state index is 13.2. The maximum absolute atomic E-state index is 13.2. The van der Waals surface area contributed by atoms with E-state index in [-0.39, 0.29) is 17.9 Å². The predicted octanol–water partition coefficient (Wildman–Crippen LogP) is 3.10. The molecule has 1 aromatic carbocycles. The van der Waals surface area contributed by atoms with E-state index in [1.807, 2.05) is 71.2 Å². The minimum absolute atomic E-state index is 0.102. The van der Waals surface area contributed by atoms with Crippen LogP contribution in [-0.4, -0.2) is 106 Å². The van der Waals surface area contributed by atoms with E-state index < -0.39 is 29.7 Å². The topological polar surface area (TPSA) is 118 Å². The lowest BCUT2D eigenvalue weighted by atomic mass is 10.0. The van der Waals surface area contributed by atoms with Crippen molar-refractivity contribution in [2.75, 3.05) is 59.0 Å². The van der Waals surface area contributed by atoms with Crippen LogP contribution in [0.2, 0.25) is 0 Å². The number of esters is 1. The number of ether oxygens (including phenoxy) is 3. The summed E-state index contributed by atoms with van der Waals surface area (Å²) in [7, 11) is 3.43. The van der Waals surface area contributed by atoms with Crippen LogP contribution in [0.25, 0.3) is 0 Å². The molecule has 0 spiro atoms. The first kappa shape index (κ1) is 36.7. The Morgan fingerprint density at radius 1 is 1.05 bits per heavy atom. The van der Waals surface area contributed by atoms with Gasteiger partial charge >= 0.3 is 12.1 Å². The van der Waals surface area contributed by atoms with Crippen molar-refractivity contribution < 1.29 is 28.6 Å². The third-order valence-electron chi connectivity index (χ3n) is 6.34. The van der Waals surface area contributed by atoms with Crippen LogP contribution in [0.5, 0.6) is 0 Å². The van der Waals surface area contributed by atoms with E-state index in [1.165, 1.54) is 7.11 Å². The van der Waals surface area contributed by atoms with Gasteiger partial charge in [0.05, 0.1) is 26.4 Å². The number of thioether (sulfide) groups is 1. The zero-order valence-electron chi connectivity index (χ0n) is 26.2. The van der Waals surface area contributed by atoms with Crippen molar-refractivity contribution in [1.29, 1.82) is 0 Å². The van der Waals surface area contributed by atoms with Crippen LogP contribution >= 0.6 is 11.8 Å². The zero-order valence-corrected chi connectivity index (χ0v) is 27.0. The lowest BCUT2D eigenvalue weighted by Gasteiger charge is -2.28. The van der Waals surface area contributed by atoms with E-state index >= 15 is 0 Å². The fourth-order valence-corrected chi connectivity index (χ4v) is 4.31. The van der Waals surface area contributed by atoms with Gasteiger partial charge in [0.1, 0.15) is 11.6 Å². The van der Waals surface area contributed by atoms with Crippen LogP contribution in [0.3, 0.4) is 0 Å². The normalized spacial score (nSPS) is 16.0. The van der Waals surface area contributed by atoms with Crippen LogP contribution in [0.15, 0.2) is 30.3 Å². The minimum Gasteiger partial charge on any atom is -0.467 e. The van der Waals surface area contributed by atoms with E-state index in [0.717, 1.165) is 31.9 Å². The highest BCUT2D eigenvalue weighted by Crippen LogP contribution is 2.10. The number of benzene rings is 1. The summed E-state index contributed by atoms with van der Waals surface area (Å²) in [6, 6.07) is 8.08. The maximum Gasteiger partial charge on any atom is 0.407 e. The number of likely N-dealkylation sites (N-methyl/N-ethyl adjacent to an activating group) is 1. The van der Waals surface area contributed by atoms with Crippen LogP contribution in [0.1, 0.15) is 46.6 Å². The molecule has 1 aliphatic heterocycles. The summed E-state index contributed by atoms with van der Waals surface area (Å²) in [6.45, 7) is 13.8. The monoisotopic (exact) mass is 596 g/mol. The Hall–Kier alpha value is -2.34. The first-order valence-corrected chi connectivity index (χ1v) is 15.7. The van der Waals surface area contributed by atoms with Crippen molar-refractivity contribution in [2.24, 2.45) is 5.92 Å². The first-order valence-electron chi connectivity index (χ1n) is 14.3. The molecule has 3 N–H and O–H groups in total. The molecule has 3 atom stereocenters. The van der Waals surface area contributed by atoms with Crippen LogP contribution in [0.4, 0.5) is 4.79 Å². The number of alkyl carbamates (subject to hydrolysis) is 1. The van der Waals surface area contributed by atoms with Crippen LogP contribution < -0.4 is 16.0 Å². The average Bonchev–Trinajstić information content (AvgIpc) is 2.92. The number of hydrogen-bond donors (Lipinski definition) is 3. The van der Waals surface area contributed by atoms with Gasteiger partial charge in [-0.3, -0.25) is 4.79 Å². The molecule has 1 fully saturated rings. The number of hydrogen-bond acceptors (Lipinski definition) is 9. The van der Waals surface area contributed by atoms with Gasteiger partial charge in [-0.1, -0.05) is 44.2 Å². The Balaban J connectivity index is 0.00000104. The van der Waals surface area contributed by atoms with Gasteiger partial charge in [-0.25, -0.2) is 9.59 Å². The largest absolute Gasteiger partial charge is 0.467 e. The van der Waals surface area contributed by atoms with E-state index in [0.29, 0.717) is 25.1 Å². The lowest BCUT2D eigenvalue weighted by molar-refractivity contribution is -0.145. The van der Waals surface area contributed by atoms with E-state index in [1.54, 1.807) is 11.8 Å². The van der Waals surface area contributed by atoms with Gasteiger partial charge in [-0.15, -0.1) is 0 Å². The van der Waals surface area contributed by atoms with Crippen molar-refractivity contribution in [2.45, 2.75) is 71.2 Å². The molecule has 1 aliphatic rings. The lowest BCUT2D eigenvalue weighted by Crippen LogP contribution is -2.55. The summed E-state index contributed by atoms with van der Waals surface area (Å²) < 4.78 is 15.4. The Kier molecular flexibility index (Phi) is 17.6. The molecular weight excluding hydrogens is 544 g/mol. The third-order valence-corrected chi connectivity index (χ3v) is 6.98. The van der Waals surface area contributed by atoms with Gasteiger partial charge in [-0.05, 0) is 64.2 Å². The molecule has 2 rings (SSSR count). The van der Waals surface area contributed by atoms with Crippen molar-refractivity contribution in [3.05, 3.63) is 35.9 Å². The predicted molar refractivity (Wildman–Crippen MR) is 165 cm³/mol. The van der Waals surface area contributed by atoms with Crippen molar-refractivity contribution in [3.8, 4) is 0 Å². The number of rotatable bonds is 13. The van der Waals surface area contributed by atoms with Gasteiger partial charge in [-0.2, -0.15) is 11.8 Å². The fraction of sp³-hybridized carbons (Fsp3) is 0.700. The second kappa shape index (κ2) is 19.7. The molecule has 0 unspecified atom stereocenters. The molecule has 0 saturated carbocycles. The molecular formula is C30H52N4O6S. The number of carbonyl (C=O) groups excluding carboxylic acids is 3. The standard InChI is InChI=1S/C25H41N3O5S.C5H11NO/c1-17(2)21(28-24(31)33-25(3,4)5)16-26-20(15-18-11-9-8-10-12-18)22(29)27-19(13-14-34-7)23(30)32-6;1-6-2-4-7-5-3-6/h8-12,17,19-21,26H,13-16H2,1-7H3,(H,27,29)(H,28,31);2-5H2,1H3/t19-,20-,21+;/m0./s1. The minimum atomic E-state index is -0.717. The number of methoxy groups -OCH3 is 1. The SMILES string of the molecule is CN1CCOCC1.COC(=O)[C@H](CCSC)NC(=O)[C@H](Cc1ccccc1)NC[C@@H](NC(=O)OC(C)(C)C)C(C)C. The quantitative estimate of drug-likeness (QED) is 0.295. The molecule has 0 aromatic heterocycles. The van der Waals surface area contributed by atoms with Crippen molar-refractivity contribution in [1.82, 2.24) is 20.9 Å². The first-order chi connectivity index (χ1) is 19.4. The Labute approximate surface area is 251 Å². The van der Waals surface area contributed by atoms with Crippen LogP contribution in [0, 0.1) is 5.92 Å². The van der Waals surface area contributed by atoms with Gasteiger partial charge in [0.25, 0.3) is 0 Å². The summed E-state index contributed by atoms with van der Waals surface area (Å²) in [5.41, 5.74) is 0.379. The average molecular weight is 597 g/mol. The molecule has 0 radical (unpaired) electrons. The molecule has 10 nitrogen and oxygen atoms in total. The third kappa shape index (κ3) is 16.6. The van der Waals surface area contributed by atoms with E-state index in [2.05, 4.69) is 27.9 Å². The van der Waals surface area contributed by atoms with E-state index in [4.69, 9.17) is 14.2 Å². The number of morpholine rings is 1. The second-order valence-electron chi connectivity index (χ2n) is 11.4. The highest BCUT2D eigenvalue weighted by molar-refractivity contribution is 7.98. The summed E-state index contributed by atoms with van der Waals surface area (Å²) >= 11 is 1.60. The smallest absolute Gasteiger partial charge is 0.407 e. The van der Waals surface area contributed by atoms with Gasteiger partial charge in [0, 0.05) is 25.7 Å². The Morgan fingerprint density at radius 2 is 1.68 bits per heavy atom. The zero-order chi connectivity index (χ0) is 30.8. The summed E-state index contributed by atoms with van der Waals surface area (Å²) in [5, 5.41) is 9.04.